The minimum Gasteiger partial charge on any atom is -0.356 e. The highest BCUT2D eigenvalue weighted by Crippen LogP contribution is 2.22. The van der Waals surface area contributed by atoms with Crippen molar-refractivity contribution >= 4 is 29.9 Å². The standard InChI is InChI=1S/C20H30N6.HI/c1-5-15-8-10-16(11-9-15)20(2,3)14-23-19(21-4)22-13-18-25-24-17-7-6-12-26(17)18;/h8-11H,5-7,12-14H2,1-4H3,(H2,21,22,23);1H. The topological polar surface area (TPSA) is 67.1 Å². The van der Waals surface area contributed by atoms with Crippen LogP contribution in [-0.4, -0.2) is 34.3 Å². The van der Waals surface area contributed by atoms with Gasteiger partial charge >= 0.3 is 0 Å². The molecule has 1 aromatic carbocycles. The highest BCUT2D eigenvalue weighted by molar-refractivity contribution is 14.0. The van der Waals surface area contributed by atoms with Crippen LogP contribution >= 0.6 is 24.0 Å². The van der Waals surface area contributed by atoms with E-state index in [9.17, 15) is 0 Å². The predicted molar refractivity (Wildman–Crippen MR) is 121 cm³/mol. The summed E-state index contributed by atoms with van der Waals surface area (Å²) in [6, 6.07) is 8.90. The molecule has 2 heterocycles. The summed E-state index contributed by atoms with van der Waals surface area (Å²) in [7, 11) is 1.80. The maximum absolute atomic E-state index is 4.34. The fraction of sp³-hybridized carbons (Fsp3) is 0.550. The molecule has 6 nitrogen and oxygen atoms in total. The molecule has 2 aromatic rings. The van der Waals surface area contributed by atoms with Gasteiger partial charge in [-0.25, -0.2) is 0 Å². The second-order valence-corrected chi connectivity index (χ2v) is 7.50. The SMILES string of the molecule is CCc1ccc(C(C)(C)CNC(=NC)NCc2nnc3n2CCC3)cc1.I. The lowest BCUT2D eigenvalue weighted by atomic mass is 9.84. The van der Waals surface area contributed by atoms with Crippen molar-refractivity contribution in [2.45, 2.75) is 58.5 Å². The van der Waals surface area contributed by atoms with E-state index in [0.717, 1.165) is 50.0 Å². The number of rotatable bonds is 6. The molecule has 0 saturated carbocycles. The van der Waals surface area contributed by atoms with E-state index in [1.54, 1.807) is 7.05 Å². The third kappa shape index (κ3) is 5.21. The van der Waals surface area contributed by atoms with E-state index < -0.39 is 0 Å². The molecule has 0 saturated heterocycles. The first kappa shape index (κ1) is 21.7. The lowest BCUT2D eigenvalue weighted by Crippen LogP contribution is -2.43. The average molecular weight is 482 g/mol. The van der Waals surface area contributed by atoms with Gasteiger partial charge in [0.05, 0.1) is 6.54 Å². The van der Waals surface area contributed by atoms with E-state index in [4.69, 9.17) is 0 Å². The number of halogens is 1. The summed E-state index contributed by atoms with van der Waals surface area (Å²) in [4.78, 5) is 4.34. The Morgan fingerprint density at radius 3 is 2.59 bits per heavy atom. The van der Waals surface area contributed by atoms with Gasteiger partial charge in [0.15, 0.2) is 11.8 Å². The summed E-state index contributed by atoms with van der Waals surface area (Å²) < 4.78 is 2.21. The lowest BCUT2D eigenvalue weighted by molar-refractivity contribution is 0.507. The Morgan fingerprint density at radius 2 is 1.93 bits per heavy atom. The summed E-state index contributed by atoms with van der Waals surface area (Å²) in [5.74, 6) is 2.87. The highest BCUT2D eigenvalue weighted by Gasteiger charge is 2.21. The first-order valence-electron chi connectivity index (χ1n) is 9.48. The van der Waals surface area contributed by atoms with E-state index in [2.05, 4.69) is 75.4 Å². The first-order chi connectivity index (χ1) is 12.5. The normalized spacial score (nSPS) is 13.9. The molecule has 0 aliphatic carbocycles. The van der Waals surface area contributed by atoms with E-state index in [-0.39, 0.29) is 29.4 Å². The first-order valence-corrected chi connectivity index (χ1v) is 9.48. The van der Waals surface area contributed by atoms with Crippen molar-refractivity contribution in [1.29, 1.82) is 0 Å². The van der Waals surface area contributed by atoms with Gasteiger partial charge in [-0.15, -0.1) is 34.2 Å². The number of hydrogen-bond acceptors (Lipinski definition) is 3. The van der Waals surface area contributed by atoms with Crippen molar-refractivity contribution in [1.82, 2.24) is 25.4 Å². The predicted octanol–water partition coefficient (Wildman–Crippen LogP) is 3.05. The van der Waals surface area contributed by atoms with Crippen LogP contribution in [0.25, 0.3) is 0 Å². The number of aromatic nitrogens is 3. The maximum atomic E-state index is 4.34. The van der Waals surface area contributed by atoms with Crippen LogP contribution in [0.3, 0.4) is 0 Å². The molecule has 2 N–H and O–H groups in total. The summed E-state index contributed by atoms with van der Waals surface area (Å²) in [6.45, 7) is 9.14. The molecule has 1 aliphatic heterocycles. The van der Waals surface area contributed by atoms with Gasteiger partial charge in [0, 0.05) is 32.0 Å². The largest absolute Gasteiger partial charge is 0.356 e. The zero-order valence-electron chi connectivity index (χ0n) is 16.7. The summed E-state index contributed by atoms with van der Waals surface area (Å²) >= 11 is 0. The minimum atomic E-state index is 0. The molecular weight excluding hydrogens is 451 g/mol. The number of aryl methyl sites for hydroxylation is 2. The van der Waals surface area contributed by atoms with Crippen molar-refractivity contribution in [3.63, 3.8) is 0 Å². The maximum Gasteiger partial charge on any atom is 0.191 e. The molecule has 1 aromatic heterocycles. The van der Waals surface area contributed by atoms with E-state index in [0.29, 0.717) is 6.54 Å². The summed E-state index contributed by atoms with van der Waals surface area (Å²) in [5, 5.41) is 15.3. The number of aliphatic imine (C=N–C) groups is 1. The third-order valence-corrected chi connectivity index (χ3v) is 5.17. The summed E-state index contributed by atoms with van der Waals surface area (Å²) in [6.07, 6.45) is 3.27. The van der Waals surface area contributed by atoms with E-state index >= 15 is 0 Å². The summed E-state index contributed by atoms with van der Waals surface area (Å²) in [5.41, 5.74) is 2.71. The van der Waals surface area contributed by atoms with Gasteiger partial charge < -0.3 is 15.2 Å². The van der Waals surface area contributed by atoms with Crippen LogP contribution in [0.2, 0.25) is 0 Å². The van der Waals surface area contributed by atoms with Crippen LogP contribution < -0.4 is 10.6 Å². The van der Waals surface area contributed by atoms with Crippen LogP contribution in [0.5, 0.6) is 0 Å². The highest BCUT2D eigenvalue weighted by atomic mass is 127. The molecule has 3 rings (SSSR count). The van der Waals surface area contributed by atoms with E-state index in [1.807, 2.05) is 0 Å². The van der Waals surface area contributed by atoms with Gasteiger partial charge in [-0.3, -0.25) is 4.99 Å². The molecule has 0 radical (unpaired) electrons. The number of nitrogens with one attached hydrogen (secondary N) is 2. The minimum absolute atomic E-state index is 0. The fourth-order valence-electron chi connectivity index (χ4n) is 3.32. The molecule has 0 fully saturated rings. The molecule has 7 heteroatoms. The number of benzene rings is 1. The van der Waals surface area contributed by atoms with Gasteiger partial charge in [0.2, 0.25) is 0 Å². The Balaban J connectivity index is 0.00000261. The monoisotopic (exact) mass is 482 g/mol. The van der Waals surface area contributed by atoms with Gasteiger partial charge in [0.1, 0.15) is 5.82 Å². The Labute approximate surface area is 179 Å². The second kappa shape index (κ2) is 9.52. The van der Waals surface area contributed by atoms with Crippen LogP contribution in [0.1, 0.15) is 50.0 Å². The molecule has 148 valence electrons. The van der Waals surface area contributed by atoms with Gasteiger partial charge in [-0.1, -0.05) is 45.0 Å². The Hall–Kier alpha value is -1.64. The lowest BCUT2D eigenvalue weighted by Gasteiger charge is -2.27. The zero-order valence-corrected chi connectivity index (χ0v) is 19.1. The van der Waals surface area contributed by atoms with Crippen LogP contribution in [0.4, 0.5) is 0 Å². The second-order valence-electron chi connectivity index (χ2n) is 7.50. The van der Waals surface area contributed by atoms with Crippen LogP contribution in [-0.2, 0) is 31.3 Å². The molecule has 1 aliphatic rings. The Bertz CT molecular complexity index is 763. The van der Waals surface area contributed by atoms with Crippen molar-refractivity contribution in [3.05, 3.63) is 47.0 Å². The number of hydrogen-bond donors (Lipinski definition) is 2. The molecular formula is C20H31IN6. The number of guanidine groups is 1. The molecule has 0 amide bonds. The van der Waals surface area contributed by atoms with Crippen molar-refractivity contribution < 1.29 is 0 Å². The number of nitrogens with zero attached hydrogens (tertiary/aromatic N) is 4. The van der Waals surface area contributed by atoms with E-state index in [1.165, 1.54) is 11.1 Å². The fourth-order valence-corrected chi connectivity index (χ4v) is 3.32. The van der Waals surface area contributed by atoms with Crippen LogP contribution in [0.15, 0.2) is 29.3 Å². The molecule has 0 unspecified atom stereocenters. The van der Waals surface area contributed by atoms with Crippen molar-refractivity contribution in [3.8, 4) is 0 Å². The van der Waals surface area contributed by atoms with Crippen molar-refractivity contribution in [2.24, 2.45) is 4.99 Å². The Kier molecular flexibility index (Phi) is 7.64. The third-order valence-electron chi connectivity index (χ3n) is 5.17. The van der Waals surface area contributed by atoms with Gasteiger partial charge in [0.25, 0.3) is 0 Å². The average Bonchev–Trinajstić information content (AvgIpc) is 3.26. The van der Waals surface area contributed by atoms with Gasteiger partial charge in [-0.05, 0) is 24.0 Å². The zero-order chi connectivity index (χ0) is 18.6. The molecule has 0 atom stereocenters. The molecule has 0 bridgehead atoms. The molecule has 0 spiro atoms. The number of fused-ring (bicyclic) bond motifs is 1. The van der Waals surface area contributed by atoms with Crippen molar-refractivity contribution in [2.75, 3.05) is 13.6 Å². The smallest absolute Gasteiger partial charge is 0.191 e. The quantitative estimate of drug-likeness (QED) is 0.378. The van der Waals surface area contributed by atoms with Gasteiger partial charge in [-0.2, -0.15) is 0 Å². The van der Waals surface area contributed by atoms with Crippen LogP contribution in [0, 0.1) is 0 Å². The molecule has 27 heavy (non-hydrogen) atoms. The Morgan fingerprint density at radius 1 is 1.19 bits per heavy atom.